The standard InChI is InChI=1S/C24H26BrN3O2/c1-15-10-9-11-16(2)22(15)28-17(3)20(21(25)18(28)4)14-26-27-24(29)23(30-5)19-12-7-6-8-13-19/h6-14,23H,1-5H3,(H,27,29)/b26-14-/t23-/m1/s1. The first-order valence-corrected chi connectivity index (χ1v) is 10.5. The highest BCUT2D eigenvalue weighted by Gasteiger charge is 2.20. The van der Waals surface area contributed by atoms with Crippen molar-refractivity contribution in [3.63, 3.8) is 0 Å². The second-order valence-electron chi connectivity index (χ2n) is 7.23. The van der Waals surface area contributed by atoms with Crippen molar-refractivity contribution in [1.82, 2.24) is 9.99 Å². The van der Waals surface area contributed by atoms with Crippen LogP contribution in [0.5, 0.6) is 0 Å². The number of para-hydroxylation sites is 1. The number of hydrazone groups is 1. The molecule has 0 spiro atoms. The number of hydrogen-bond acceptors (Lipinski definition) is 3. The molecule has 3 aromatic rings. The van der Waals surface area contributed by atoms with Crippen LogP contribution in [0.15, 0.2) is 58.1 Å². The molecule has 2 aromatic carbocycles. The van der Waals surface area contributed by atoms with Crippen molar-refractivity contribution in [1.29, 1.82) is 0 Å². The highest BCUT2D eigenvalue weighted by Crippen LogP contribution is 2.32. The van der Waals surface area contributed by atoms with Gasteiger partial charge in [-0.25, -0.2) is 5.43 Å². The quantitative estimate of drug-likeness (QED) is 0.394. The van der Waals surface area contributed by atoms with Crippen LogP contribution < -0.4 is 5.43 Å². The number of halogens is 1. The van der Waals surface area contributed by atoms with Crippen LogP contribution in [0.4, 0.5) is 0 Å². The third-order valence-corrected chi connectivity index (χ3v) is 6.22. The van der Waals surface area contributed by atoms with Gasteiger partial charge in [0.15, 0.2) is 6.10 Å². The maximum absolute atomic E-state index is 12.6. The summed E-state index contributed by atoms with van der Waals surface area (Å²) in [5.74, 6) is -0.320. The van der Waals surface area contributed by atoms with E-state index in [0.29, 0.717) is 0 Å². The van der Waals surface area contributed by atoms with Crippen molar-refractivity contribution >= 4 is 28.1 Å². The van der Waals surface area contributed by atoms with Gasteiger partial charge in [0, 0.05) is 28.5 Å². The first-order chi connectivity index (χ1) is 14.4. The number of methoxy groups -OCH3 is 1. The van der Waals surface area contributed by atoms with E-state index < -0.39 is 6.10 Å². The Labute approximate surface area is 185 Å². The van der Waals surface area contributed by atoms with Gasteiger partial charge in [0.05, 0.1) is 11.9 Å². The summed E-state index contributed by atoms with van der Waals surface area (Å²) >= 11 is 3.70. The molecule has 0 aliphatic rings. The van der Waals surface area contributed by atoms with Crippen LogP contribution in [0, 0.1) is 27.7 Å². The Bertz CT molecular complexity index is 1070. The van der Waals surface area contributed by atoms with Crippen LogP contribution in [0.2, 0.25) is 0 Å². The zero-order chi connectivity index (χ0) is 21.8. The lowest BCUT2D eigenvalue weighted by molar-refractivity contribution is -0.131. The van der Waals surface area contributed by atoms with Crippen LogP contribution in [-0.4, -0.2) is 23.8 Å². The van der Waals surface area contributed by atoms with Gasteiger partial charge >= 0.3 is 0 Å². The number of hydrogen-bond donors (Lipinski definition) is 1. The molecule has 5 nitrogen and oxygen atoms in total. The molecule has 156 valence electrons. The summed E-state index contributed by atoms with van der Waals surface area (Å²) in [5.41, 5.74) is 9.99. The molecule has 1 heterocycles. The van der Waals surface area contributed by atoms with Crippen molar-refractivity contribution in [3.05, 3.63) is 86.6 Å². The number of amides is 1. The lowest BCUT2D eigenvalue weighted by Gasteiger charge is -2.15. The summed E-state index contributed by atoms with van der Waals surface area (Å²) in [7, 11) is 1.51. The van der Waals surface area contributed by atoms with Crippen LogP contribution in [-0.2, 0) is 9.53 Å². The van der Waals surface area contributed by atoms with Crippen LogP contribution in [0.3, 0.4) is 0 Å². The Morgan fingerprint density at radius 1 is 1.03 bits per heavy atom. The van der Waals surface area contributed by atoms with E-state index in [0.717, 1.165) is 27.0 Å². The maximum Gasteiger partial charge on any atom is 0.273 e. The Morgan fingerprint density at radius 2 is 1.67 bits per heavy atom. The molecule has 1 atom stereocenters. The molecule has 30 heavy (non-hydrogen) atoms. The largest absolute Gasteiger partial charge is 0.367 e. The number of nitrogens with one attached hydrogen (secondary N) is 1. The molecular formula is C24H26BrN3O2. The summed E-state index contributed by atoms with van der Waals surface area (Å²) in [6.07, 6.45) is 0.959. The fourth-order valence-electron chi connectivity index (χ4n) is 3.71. The van der Waals surface area contributed by atoms with Crippen molar-refractivity contribution in [2.75, 3.05) is 7.11 Å². The van der Waals surface area contributed by atoms with Crippen molar-refractivity contribution in [2.45, 2.75) is 33.8 Å². The number of carbonyl (C=O) groups is 1. The predicted octanol–water partition coefficient (Wildman–Crippen LogP) is 5.31. The van der Waals surface area contributed by atoms with Gasteiger partial charge in [-0.05, 0) is 60.3 Å². The summed E-state index contributed by atoms with van der Waals surface area (Å²) in [5, 5.41) is 4.20. The summed E-state index contributed by atoms with van der Waals surface area (Å²) in [6.45, 7) is 8.33. The van der Waals surface area contributed by atoms with Crippen LogP contribution >= 0.6 is 15.9 Å². The summed E-state index contributed by atoms with van der Waals surface area (Å²) < 4.78 is 8.53. The average Bonchev–Trinajstić information content (AvgIpc) is 2.93. The van der Waals surface area contributed by atoms with E-state index in [1.165, 1.54) is 23.9 Å². The number of aromatic nitrogens is 1. The van der Waals surface area contributed by atoms with E-state index in [1.54, 1.807) is 6.21 Å². The number of rotatable bonds is 6. The van der Waals surface area contributed by atoms with Crippen molar-refractivity contribution in [3.8, 4) is 5.69 Å². The fourth-order valence-corrected chi connectivity index (χ4v) is 4.28. The molecule has 6 heteroatoms. The van der Waals surface area contributed by atoms with Gasteiger partial charge in [0.2, 0.25) is 0 Å². The summed E-state index contributed by atoms with van der Waals surface area (Å²) in [4.78, 5) is 12.6. The predicted molar refractivity (Wildman–Crippen MR) is 124 cm³/mol. The Hall–Kier alpha value is -2.70. The zero-order valence-corrected chi connectivity index (χ0v) is 19.4. The molecule has 0 fully saturated rings. The van der Waals surface area contributed by atoms with Crippen LogP contribution in [0.25, 0.3) is 5.69 Å². The van der Waals surface area contributed by atoms with E-state index in [4.69, 9.17) is 4.74 Å². The molecule has 0 saturated heterocycles. The Balaban J connectivity index is 1.87. The van der Waals surface area contributed by atoms with Crippen molar-refractivity contribution < 1.29 is 9.53 Å². The molecule has 3 rings (SSSR count). The smallest absolute Gasteiger partial charge is 0.273 e. The van der Waals surface area contributed by atoms with Gasteiger partial charge in [-0.15, -0.1) is 0 Å². The summed E-state index contributed by atoms with van der Waals surface area (Å²) in [6, 6.07) is 15.6. The minimum absolute atomic E-state index is 0.320. The normalized spacial score (nSPS) is 12.3. The lowest BCUT2D eigenvalue weighted by atomic mass is 10.1. The van der Waals surface area contributed by atoms with Crippen molar-refractivity contribution in [2.24, 2.45) is 5.10 Å². The Kier molecular flexibility index (Phi) is 6.90. The fraction of sp³-hybridized carbons (Fsp3) is 0.250. The number of carbonyl (C=O) groups excluding carboxylic acids is 1. The number of benzene rings is 2. The zero-order valence-electron chi connectivity index (χ0n) is 17.9. The molecule has 0 bridgehead atoms. The number of aryl methyl sites for hydroxylation is 2. The van der Waals surface area contributed by atoms with Gasteiger partial charge in [0.1, 0.15) is 0 Å². The first-order valence-electron chi connectivity index (χ1n) is 9.71. The molecule has 0 saturated carbocycles. The second kappa shape index (κ2) is 9.41. The minimum Gasteiger partial charge on any atom is -0.367 e. The van der Waals surface area contributed by atoms with Gasteiger partial charge in [-0.3, -0.25) is 4.79 Å². The Morgan fingerprint density at radius 3 is 2.27 bits per heavy atom. The second-order valence-corrected chi connectivity index (χ2v) is 8.03. The molecule has 1 amide bonds. The molecule has 0 unspecified atom stereocenters. The monoisotopic (exact) mass is 467 g/mol. The SMILES string of the molecule is CO[C@@H](C(=O)N/N=C\c1c(Br)c(C)n(-c2c(C)cccc2C)c1C)c1ccccc1. The molecule has 0 radical (unpaired) electrons. The molecular weight excluding hydrogens is 442 g/mol. The van der Waals surface area contributed by atoms with E-state index in [2.05, 4.69) is 76.9 Å². The minimum atomic E-state index is -0.714. The van der Waals surface area contributed by atoms with Gasteiger partial charge in [-0.1, -0.05) is 48.5 Å². The maximum atomic E-state index is 12.6. The third-order valence-electron chi connectivity index (χ3n) is 5.22. The molecule has 0 aliphatic carbocycles. The number of nitrogens with zero attached hydrogens (tertiary/aromatic N) is 2. The van der Waals surface area contributed by atoms with E-state index in [-0.39, 0.29) is 5.91 Å². The topological polar surface area (TPSA) is 55.6 Å². The number of ether oxygens (including phenoxy) is 1. The van der Waals surface area contributed by atoms with Gasteiger partial charge in [-0.2, -0.15) is 5.10 Å². The van der Waals surface area contributed by atoms with E-state index >= 15 is 0 Å². The molecule has 1 aromatic heterocycles. The molecule has 0 aliphatic heterocycles. The average molecular weight is 468 g/mol. The first kappa shape index (κ1) is 22.0. The highest BCUT2D eigenvalue weighted by atomic mass is 79.9. The van der Waals surface area contributed by atoms with E-state index in [1.807, 2.05) is 30.3 Å². The molecule has 1 N–H and O–H groups in total. The van der Waals surface area contributed by atoms with Crippen LogP contribution in [0.1, 0.15) is 39.7 Å². The lowest BCUT2D eigenvalue weighted by Crippen LogP contribution is -2.26. The van der Waals surface area contributed by atoms with Gasteiger partial charge in [0.25, 0.3) is 5.91 Å². The highest BCUT2D eigenvalue weighted by molar-refractivity contribution is 9.10. The van der Waals surface area contributed by atoms with Gasteiger partial charge < -0.3 is 9.30 Å². The van der Waals surface area contributed by atoms with E-state index in [9.17, 15) is 4.79 Å². The third kappa shape index (κ3) is 4.25.